The summed E-state index contributed by atoms with van der Waals surface area (Å²) in [5.41, 5.74) is 1.38. The first kappa shape index (κ1) is 12.6. The molecule has 96 valence electrons. The van der Waals surface area contributed by atoms with E-state index in [-0.39, 0.29) is 11.8 Å². The van der Waals surface area contributed by atoms with E-state index in [9.17, 15) is 4.79 Å². The zero-order valence-corrected chi connectivity index (χ0v) is 10.6. The lowest BCUT2D eigenvalue weighted by molar-refractivity contribution is -0.125. The second-order valence-corrected chi connectivity index (χ2v) is 5.22. The third-order valence-corrected chi connectivity index (χ3v) is 3.87. The summed E-state index contributed by atoms with van der Waals surface area (Å²) < 4.78 is 0. The molecule has 0 aromatic heterocycles. The van der Waals surface area contributed by atoms with Gasteiger partial charge in [0.05, 0.1) is 0 Å². The number of hydrogen-bond acceptors (Lipinski definition) is 2. The second kappa shape index (κ2) is 6.80. The van der Waals surface area contributed by atoms with Gasteiger partial charge in [0.2, 0.25) is 5.91 Å². The van der Waals surface area contributed by atoms with Crippen LogP contribution in [0.15, 0.2) is 11.6 Å². The Morgan fingerprint density at radius 2 is 2.06 bits per heavy atom. The average Bonchev–Trinajstić information content (AvgIpc) is 2.66. The summed E-state index contributed by atoms with van der Waals surface area (Å²) in [6.45, 7) is 2.76. The molecule has 0 unspecified atom stereocenters. The van der Waals surface area contributed by atoms with Crippen LogP contribution in [-0.4, -0.2) is 25.5 Å². The molecule has 0 spiro atoms. The fraction of sp³-hybridized carbons (Fsp3) is 0.786. The summed E-state index contributed by atoms with van der Waals surface area (Å²) in [4.78, 5) is 12.0. The Labute approximate surface area is 104 Å². The number of carbonyl (C=O) groups is 1. The van der Waals surface area contributed by atoms with Crippen molar-refractivity contribution in [3.8, 4) is 0 Å². The molecule has 0 saturated heterocycles. The van der Waals surface area contributed by atoms with Gasteiger partial charge in [0.1, 0.15) is 0 Å². The van der Waals surface area contributed by atoms with Crippen LogP contribution in [0.1, 0.15) is 44.9 Å². The van der Waals surface area contributed by atoms with Crippen molar-refractivity contribution in [1.29, 1.82) is 0 Å². The van der Waals surface area contributed by atoms with Crippen LogP contribution in [0.5, 0.6) is 0 Å². The van der Waals surface area contributed by atoms with Crippen LogP contribution in [0, 0.1) is 5.92 Å². The van der Waals surface area contributed by atoms with Crippen LogP contribution in [0.2, 0.25) is 0 Å². The molecule has 3 heteroatoms. The Balaban J connectivity index is 1.73. The standard InChI is InChI=1S/C14H24N2O/c17-14(13-5-3-1-2-4-6-13)16-11-12-7-9-15-10-8-12/h7,13,15H,1-6,8-11H2,(H,16,17). The highest BCUT2D eigenvalue weighted by molar-refractivity contribution is 5.78. The van der Waals surface area contributed by atoms with Gasteiger partial charge >= 0.3 is 0 Å². The fourth-order valence-corrected chi connectivity index (χ4v) is 2.72. The molecule has 0 aromatic rings. The highest BCUT2D eigenvalue weighted by atomic mass is 16.1. The number of rotatable bonds is 3. The predicted octanol–water partition coefficient (Wildman–Crippen LogP) is 1.99. The minimum atomic E-state index is 0.278. The molecule has 2 aliphatic rings. The van der Waals surface area contributed by atoms with Crippen LogP contribution < -0.4 is 10.6 Å². The van der Waals surface area contributed by atoms with E-state index in [1.165, 1.54) is 31.3 Å². The second-order valence-electron chi connectivity index (χ2n) is 5.22. The first-order valence-electron chi connectivity index (χ1n) is 7.02. The third-order valence-electron chi connectivity index (χ3n) is 3.87. The zero-order chi connectivity index (χ0) is 11.9. The van der Waals surface area contributed by atoms with Crippen LogP contribution in [0.25, 0.3) is 0 Å². The van der Waals surface area contributed by atoms with E-state index in [0.29, 0.717) is 0 Å². The zero-order valence-electron chi connectivity index (χ0n) is 10.6. The van der Waals surface area contributed by atoms with Crippen molar-refractivity contribution >= 4 is 5.91 Å². The van der Waals surface area contributed by atoms with Gasteiger partial charge in [-0.15, -0.1) is 0 Å². The summed E-state index contributed by atoms with van der Waals surface area (Å²) in [6.07, 6.45) is 10.5. The minimum absolute atomic E-state index is 0.278. The van der Waals surface area contributed by atoms with Crippen molar-refractivity contribution < 1.29 is 4.79 Å². The molecule has 2 N–H and O–H groups in total. The van der Waals surface area contributed by atoms with Gasteiger partial charge in [0, 0.05) is 19.0 Å². The van der Waals surface area contributed by atoms with E-state index in [4.69, 9.17) is 0 Å². The SMILES string of the molecule is O=C(NCC1=CCNCC1)C1CCCCCC1. The lowest BCUT2D eigenvalue weighted by Gasteiger charge is -2.17. The van der Waals surface area contributed by atoms with Gasteiger partial charge < -0.3 is 10.6 Å². The van der Waals surface area contributed by atoms with E-state index in [2.05, 4.69) is 16.7 Å². The normalized spacial score (nSPS) is 22.7. The molecule has 0 atom stereocenters. The summed E-state index contributed by atoms with van der Waals surface area (Å²) in [6, 6.07) is 0. The molecule has 1 saturated carbocycles. The van der Waals surface area contributed by atoms with Crippen molar-refractivity contribution in [3.05, 3.63) is 11.6 Å². The molecule has 1 aliphatic carbocycles. The smallest absolute Gasteiger partial charge is 0.223 e. The molecule has 2 rings (SSSR count). The van der Waals surface area contributed by atoms with E-state index in [1.807, 2.05) is 0 Å². The van der Waals surface area contributed by atoms with Gasteiger partial charge in [0.25, 0.3) is 0 Å². The number of carbonyl (C=O) groups excluding carboxylic acids is 1. The molecule has 1 fully saturated rings. The maximum Gasteiger partial charge on any atom is 0.223 e. The Bertz CT molecular complexity index is 278. The van der Waals surface area contributed by atoms with E-state index >= 15 is 0 Å². The molecule has 1 heterocycles. The van der Waals surface area contributed by atoms with Crippen LogP contribution in [0.3, 0.4) is 0 Å². The first-order chi connectivity index (χ1) is 8.36. The van der Waals surface area contributed by atoms with Crippen molar-refractivity contribution in [2.75, 3.05) is 19.6 Å². The van der Waals surface area contributed by atoms with Gasteiger partial charge in [-0.05, 0) is 25.8 Å². The largest absolute Gasteiger partial charge is 0.352 e. The predicted molar refractivity (Wildman–Crippen MR) is 69.8 cm³/mol. The highest BCUT2D eigenvalue weighted by Gasteiger charge is 2.19. The monoisotopic (exact) mass is 236 g/mol. The Hall–Kier alpha value is -0.830. The summed E-state index contributed by atoms with van der Waals surface area (Å²) in [5, 5.41) is 6.40. The van der Waals surface area contributed by atoms with Crippen LogP contribution >= 0.6 is 0 Å². The van der Waals surface area contributed by atoms with Crippen LogP contribution in [0.4, 0.5) is 0 Å². The Morgan fingerprint density at radius 3 is 2.71 bits per heavy atom. The lowest BCUT2D eigenvalue weighted by Crippen LogP contribution is -2.33. The average molecular weight is 236 g/mol. The van der Waals surface area contributed by atoms with Gasteiger partial charge in [0.15, 0.2) is 0 Å². The number of nitrogens with one attached hydrogen (secondary N) is 2. The maximum atomic E-state index is 12.0. The highest BCUT2D eigenvalue weighted by Crippen LogP contribution is 2.22. The lowest BCUT2D eigenvalue weighted by atomic mass is 9.99. The molecule has 1 amide bonds. The van der Waals surface area contributed by atoms with Gasteiger partial charge in [-0.25, -0.2) is 0 Å². The Kier molecular flexibility index (Phi) is 5.05. The quantitative estimate of drug-likeness (QED) is 0.581. The molecule has 3 nitrogen and oxygen atoms in total. The molecule has 17 heavy (non-hydrogen) atoms. The van der Waals surface area contributed by atoms with Gasteiger partial charge in [-0.2, -0.15) is 0 Å². The summed E-state index contributed by atoms with van der Waals surface area (Å²) >= 11 is 0. The van der Waals surface area contributed by atoms with Crippen molar-refractivity contribution in [2.45, 2.75) is 44.9 Å². The number of amides is 1. The number of hydrogen-bond donors (Lipinski definition) is 2. The van der Waals surface area contributed by atoms with Crippen molar-refractivity contribution in [2.24, 2.45) is 5.92 Å². The van der Waals surface area contributed by atoms with E-state index in [0.717, 1.165) is 38.9 Å². The topological polar surface area (TPSA) is 41.1 Å². The molecule has 0 radical (unpaired) electrons. The van der Waals surface area contributed by atoms with Crippen molar-refractivity contribution in [1.82, 2.24) is 10.6 Å². The molecule has 1 aliphatic heterocycles. The minimum Gasteiger partial charge on any atom is -0.352 e. The summed E-state index contributed by atoms with van der Waals surface area (Å²) in [7, 11) is 0. The summed E-state index contributed by atoms with van der Waals surface area (Å²) in [5.74, 6) is 0.561. The van der Waals surface area contributed by atoms with Gasteiger partial charge in [-0.3, -0.25) is 4.79 Å². The van der Waals surface area contributed by atoms with Crippen molar-refractivity contribution in [3.63, 3.8) is 0 Å². The van der Waals surface area contributed by atoms with Gasteiger partial charge in [-0.1, -0.05) is 37.3 Å². The Morgan fingerprint density at radius 1 is 1.29 bits per heavy atom. The van der Waals surface area contributed by atoms with E-state index < -0.39 is 0 Å². The van der Waals surface area contributed by atoms with Crippen LogP contribution in [-0.2, 0) is 4.79 Å². The third kappa shape index (κ3) is 4.15. The molecule has 0 aromatic carbocycles. The molecular formula is C14H24N2O. The maximum absolute atomic E-state index is 12.0. The van der Waals surface area contributed by atoms with E-state index in [1.54, 1.807) is 0 Å². The first-order valence-corrected chi connectivity index (χ1v) is 7.02. The molecular weight excluding hydrogens is 212 g/mol. The molecule has 0 bridgehead atoms. The fourth-order valence-electron chi connectivity index (χ4n) is 2.72.